The lowest BCUT2D eigenvalue weighted by Gasteiger charge is -2.21. The number of benzene rings is 1. The summed E-state index contributed by atoms with van der Waals surface area (Å²) in [6.45, 7) is 5.48. The number of aliphatic hydroxyl groups is 1. The molecule has 0 aliphatic carbocycles. The largest absolute Gasteiger partial charge is 0.396 e. The summed E-state index contributed by atoms with van der Waals surface area (Å²) in [6.07, 6.45) is 1.18. The lowest BCUT2D eigenvalue weighted by atomic mass is 9.96. The fourth-order valence-corrected chi connectivity index (χ4v) is 2.10. The minimum atomic E-state index is 0.0144. The van der Waals surface area contributed by atoms with Crippen molar-refractivity contribution in [3.05, 3.63) is 35.9 Å². The molecule has 0 saturated heterocycles. The smallest absolute Gasteiger partial charge is 0.222 e. The van der Waals surface area contributed by atoms with Gasteiger partial charge in [0, 0.05) is 26.1 Å². The van der Waals surface area contributed by atoms with E-state index in [0.717, 1.165) is 19.5 Å². The standard InChI is InChI=1S/C15H23NO2/c1-3-16(4-2)15(18)11-14(12-17)10-13-8-6-5-7-9-13/h5-9,14,17H,3-4,10-12H2,1-2H3/t14-/m0/s1. The van der Waals surface area contributed by atoms with Crippen molar-refractivity contribution in [1.82, 2.24) is 4.90 Å². The van der Waals surface area contributed by atoms with Gasteiger partial charge in [-0.1, -0.05) is 30.3 Å². The number of nitrogens with zero attached hydrogens (tertiary/aromatic N) is 1. The Hall–Kier alpha value is -1.35. The van der Waals surface area contributed by atoms with Crippen LogP contribution in [0.2, 0.25) is 0 Å². The van der Waals surface area contributed by atoms with Crippen molar-refractivity contribution >= 4 is 5.91 Å². The molecule has 1 amide bonds. The van der Waals surface area contributed by atoms with Gasteiger partial charge in [0.1, 0.15) is 0 Å². The molecule has 0 aliphatic rings. The molecular formula is C15H23NO2. The number of rotatable bonds is 7. The van der Waals surface area contributed by atoms with E-state index in [4.69, 9.17) is 0 Å². The fourth-order valence-electron chi connectivity index (χ4n) is 2.10. The number of amides is 1. The van der Waals surface area contributed by atoms with Crippen molar-refractivity contribution in [3.63, 3.8) is 0 Å². The van der Waals surface area contributed by atoms with Crippen LogP contribution in [0, 0.1) is 5.92 Å². The number of hydrogen-bond acceptors (Lipinski definition) is 2. The molecular weight excluding hydrogens is 226 g/mol. The van der Waals surface area contributed by atoms with E-state index in [0.29, 0.717) is 6.42 Å². The molecule has 0 spiro atoms. The Bertz CT molecular complexity index is 347. The van der Waals surface area contributed by atoms with Crippen LogP contribution < -0.4 is 0 Å². The molecule has 18 heavy (non-hydrogen) atoms. The highest BCUT2D eigenvalue weighted by molar-refractivity contribution is 5.76. The van der Waals surface area contributed by atoms with Crippen LogP contribution in [0.5, 0.6) is 0 Å². The van der Waals surface area contributed by atoms with Crippen LogP contribution in [0.15, 0.2) is 30.3 Å². The maximum absolute atomic E-state index is 12.0. The highest BCUT2D eigenvalue weighted by atomic mass is 16.3. The first-order valence-corrected chi connectivity index (χ1v) is 6.63. The average Bonchev–Trinajstić information content (AvgIpc) is 2.40. The Morgan fingerprint density at radius 2 is 1.83 bits per heavy atom. The molecule has 0 aromatic heterocycles. The quantitative estimate of drug-likeness (QED) is 0.804. The van der Waals surface area contributed by atoms with Gasteiger partial charge in [0.05, 0.1) is 0 Å². The van der Waals surface area contributed by atoms with Gasteiger partial charge in [-0.15, -0.1) is 0 Å². The minimum absolute atomic E-state index is 0.0144. The summed E-state index contributed by atoms with van der Waals surface area (Å²) in [5, 5.41) is 9.39. The van der Waals surface area contributed by atoms with Gasteiger partial charge in [-0.05, 0) is 31.7 Å². The van der Waals surface area contributed by atoms with E-state index >= 15 is 0 Å². The first-order valence-electron chi connectivity index (χ1n) is 6.63. The Labute approximate surface area is 109 Å². The van der Waals surface area contributed by atoms with Gasteiger partial charge in [-0.2, -0.15) is 0 Å². The van der Waals surface area contributed by atoms with Crippen LogP contribution in [-0.4, -0.2) is 35.6 Å². The second-order valence-electron chi connectivity index (χ2n) is 4.51. The predicted molar refractivity (Wildman–Crippen MR) is 73.3 cm³/mol. The number of carbonyl (C=O) groups excluding carboxylic acids is 1. The molecule has 0 heterocycles. The summed E-state index contributed by atoms with van der Waals surface area (Å²) in [5.74, 6) is 0.149. The molecule has 1 aromatic rings. The zero-order valence-corrected chi connectivity index (χ0v) is 11.3. The zero-order valence-electron chi connectivity index (χ0n) is 11.3. The molecule has 1 rings (SSSR count). The molecule has 0 saturated carbocycles. The molecule has 1 aromatic carbocycles. The maximum atomic E-state index is 12.0. The monoisotopic (exact) mass is 249 g/mol. The SMILES string of the molecule is CCN(CC)C(=O)C[C@@H](CO)Cc1ccccc1. The van der Waals surface area contributed by atoms with Gasteiger partial charge < -0.3 is 10.0 Å². The Balaban J connectivity index is 2.54. The third-order valence-electron chi connectivity index (χ3n) is 3.20. The lowest BCUT2D eigenvalue weighted by molar-refractivity contribution is -0.132. The van der Waals surface area contributed by atoms with Gasteiger partial charge in [0.15, 0.2) is 0 Å². The zero-order chi connectivity index (χ0) is 13.4. The van der Waals surface area contributed by atoms with Crippen LogP contribution in [0.1, 0.15) is 25.8 Å². The summed E-state index contributed by atoms with van der Waals surface area (Å²) in [7, 11) is 0. The fraction of sp³-hybridized carbons (Fsp3) is 0.533. The average molecular weight is 249 g/mol. The number of hydrogen-bond donors (Lipinski definition) is 1. The molecule has 0 radical (unpaired) electrons. The van der Waals surface area contributed by atoms with E-state index in [-0.39, 0.29) is 18.4 Å². The van der Waals surface area contributed by atoms with Gasteiger partial charge in [-0.25, -0.2) is 0 Å². The molecule has 3 nitrogen and oxygen atoms in total. The maximum Gasteiger partial charge on any atom is 0.222 e. The van der Waals surface area contributed by atoms with Crippen LogP contribution in [0.3, 0.4) is 0 Å². The van der Waals surface area contributed by atoms with Crippen molar-refractivity contribution in [2.45, 2.75) is 26.7 Å². The van der Waals surface area contributed by atoms with E-state index in [9.17, 15) is 9.90 Å². The third-order valence-corrected chi connectivity index (χ3v) is 3.20. The first kappa shape index (κ1) is 14.7. The Morgan fingerprint density at radius 3 is 2.33 bits per heavy atom. The highest BCUT2D eigenvalue weighted by Gasteiger charge is 2.17. The van der Waals surface area contributed by atoms with Crippen molar-refractivity contribution in [3.8, 4) is 0 Å². The van der Waals surface area contributed by atoms with Crippen molar-refractivity contribution in [2.24, 2.45) is 5.92 Å². The van der Waals surface area contributed by atoms with Crippen LogP contribution >= 0.6 is 0 Å². The molecule has 0 fully saturated rings. The van der Waals surface area contributed by atoms with Gasteiger partial charge in [0.25, 0.3) is 0 Å². The molecule has 1 N–H and O–H groups in total. The lowest BCUT2D eigenvalue weighted by Crippen LogP contribution is -2.32. The van der Waals surface area contributed by atoms with Crippen LogP contribution in [-0.2, 0) is 11.2 Å². The van der Waals surface area contributed by atoms with Crippen LogP contribution in [0.4, 0.5) is 0 Å². The molecule has 100 valence electrons. The van der Waals surface area contributed by atoms with E-state index in [1.807, 2.05) is 49.1 Å². The molecule has 0 aliphatic heterocycles. The summed E-state index contributed by atoms with van der Waals surface area (Å²) in [5.41, 5.74) is 1.17. The Morgan fingerprint density at radius 1 is 1.22 bits per heavy atom. The predicted octanol–water partition coefficient (Wildman–Crippen LogP) is 2.10. The second kappa shape index (κ2) is 7.88. The van der Waals surface area contributed by atoms with Gasteiger partial charge in [-0.3, -0.25) is 4.79 Å². The first-order chi connectivity index (χ1) is 8.71. The van der Waals surface area contributed by atoms with E-state index < -0.39 is 0 Å². The summed E-state index contributed by atoms with van der Waals surface area (Å²) >= 11 is 0. The van der Waals surface area contributed by atoms with Crippen molar-refractivity contribution < 1.29 is 9.90 Å². The summed E-state index contributed by atoms with van der Waals surface area (Å²) in [6, 6.07) is 10.00. The molecule has 0 bridgehead atoms. The van der Waals surface area contributed by atoms with Gasteiger partial charge >= 0.3 is 0 Å². The topological polar surface area (TPSA) is 40.5 Å². The van der Waals surface area contributed by atoms with Gasteiger partial charge in [0.2, 0.25) is 5.91 Å². The van der Waals surface area contributed by atoms with E-state index in [1.165, 1.54) is 5.56 Å². The third kappa shape index (κ3) is 4.49. The molecule has 3 heteroatoms. The number of aliphatic hydroxyl groups excluding tert-OH is 1. The van der Waals surface area contributed by atoms with E-state index in [1.54, 1.807) is 0 Å². The molecule has 1 atom stereocenters. The van der Waals surface area contributed by atoms with Crippen molar-refractivity contribution in [1.29, 1.82) is 0 Å². The summed E-state index contributed by atoms with van der Waals surface area (Å²) in [4.78, 5) is 13.8. The normalized spacial score (nSPS) is 12.2. The Kier molecular flexibility index (Phi) is 6.44. The second-order valence-corrected chi connectivity index (χ2v) is 4.51. The van der Waals surface area contributed by atoms with E-state index in [2.05, 4.69) is 0 Å². The highest BCUT2D eigenvalue weighted by Crippen LogP contribution is 2.13. The minimum Gasteiger partial charge on any atom is -0.396 e. The number of carbonyl (C=O) groups is 1. The summed E-state index contributed by atoms with van der Waals surface area (Å²) < 4.78 is 0. The molecule has 0 unspecified atom stereocenters. The van der Waals surface area contributed by atoms with Crippen molar-refractivity contribution in [2.75, 3.05) is 19.7 Å². The van der Waals surface area contributed by atoms with Crippen LogP contribution in [0.25, 0.3) is 0 Å².